The first-order valence-electron chi connectivity index (χ1n) is 10.1. The van der Waals surface area contributed by atoms with E-state index in [2.05, 4.69) is 20.0 Å². The highest BCUT2D eigenvalue weighted by atomic mass is 32.2. The van der Waals surface area contributed by atoms with Crippen molar-refractivity contribution >= 4 is 26.6 Å². The van der Waals surface area contributed by atoms with Crippen molar-refractivity contribution in [3.63, 3.8) is 0 Å². The van der Waals surface area contributed by atoms with Gasteiger partial charge >= 0.3 is 6.18 Å². The number of nitrogens with zero attached hydrogens (tertiary/aromatic N) is 1. The average molecular weight is 507 g/mol. The Morgan fingerprint density at radius 1 is 1.03 bits per heavy atom. The number of aromatic amines is 1. The predicted octanol–water partition coefficient (Wildman–Crippen LogP) is 4.41. The first-order valence-corrected chi connectivity index (χ1v) is 11.6. The number of nitrogens with one attached hydrogen (secondary N) is 2. The maximum absolute atomic E-state index is 13.8. The minimum atomic E-state index is -4.71. The second-order valence-corrected chi connectivity index (χ2v) is 9.42. The van der Waals surface area contributed by atoms with E-state index >= 15 is 0 Å². The Balaban J connectivity index is 1.45. The Morgan fingerprint density at radius 3 is 2.43 bits per heavy atom. The molecule has 2 aromatic carbocycles. The van der Waals surface area contributed by atoms with Crippen LogP contribution in [0.15, 0.2) is 76.8 Å². The first-order chi connectivity index (χ1) is 16.5. The van der Waals surface area contributed by atoms with Crippen LogP contribution in [0.25, 0.3) is 10.9 Å². The molecule has 35 heavy (non-hydrogen) atoms. The number of sulfone groups is 1. The quantitative estimate of drug-likeness (QED) is 0.285. The molecule has 0 aliphatic rings. The topological polar surface area (TPSA) is 101 Å². The van der Waals surface area contributed by atoms with E-state index in [-0.39, 0.29) is 17.3 Å². The second-order valence-electron chi connectivity index (χ2n) is 7.47. The molecule has 0 radical (unpaired) electrons. The third-order valence-electron chi connectivity index (χ3n) is 4.96. The zero-order valence-corrected chi connectivity index (χ0v) is 18.6. The molecule has 0 bridgehead atoms. The fraction of sp³-hybridized carbons (Fsp3) is 0.130. The molecule has 1 amide bonds. The van der Waals surface area contributed by atoms with Crippen LogP contribution in [0.4, 0.5) is 17.6 Å². The SMILES string of the molecule is O=C(NCc1ccc(S(=O)(=O)c2ccc(F)c(OCC(F)(F)F)c2)cc1)c1cc2cnccc2[nH]1. The fourth-order valence-electron chi connectivity index (χ4n) is 3.22. The van der Waals surface area contributed by atoms with Crippen molar-refractivity contribution in [1.29, 1.82) is 0 Å². The van der Waals surface area contributed by atoms with Gasteiger partial charge in [-0.15, -0.1) is 0 Å². The van der Waals surface area contributed by atoms with Crippen LogP contribution in [0, 0.1) is 5.82 Å². The third-order valence-corrected chi connectivity index (χ3v) is 6.72. The number of aromatic nitrogens is 2. The molecule has 0 saturated heterocycles. The maximum atomic E-state index is 13.8. The summed E-state index contributed by atoms with van der Waals surface area (Å²) in [7, 11) is -4.16. The molecule has 2 heterocycles. The number of halogens is 4. The summed E-state index contributed by atoms with van der Waals surface area (Å²) in [6, 6.07) is 11.3. The largest absolute Gasteiger partial charge is 0.481 e. The van der Waals surface area contributed by atoms with Gasteiger partial charge in [0, 0.05) is 35.9 Å². The summed E-state index contributed by atoms with van der Waals surface area (Å²) >= 11 is 0. The molecule has 182 valence electrons. The molecule has 0 aliphatic heterocycles. The summed E-state index contributed by atoms with van der Waals surface area (Å²) < 4.78 is 81.0. The zero-order valence-electron chi connectivity index (χ0n) is 17.8. The number of amides is 1. The highest BCUT2D eigenvalue weighted by Gasteiger charge is 2.29. The van der Waals surface area contributed by atoms with Crippen LogP contribution in [0.3, 0.4) is 0 Å². The van der Waals surface area contributed by atoms with Crippen LogP contribution in [-0.2, 0) is 16.4 Å². The van der Waals surface area contributed by atoms with Crippen molar-refractivity contribution < 1.29 is 35.5 Å². The van der Waals surface area contributed by atoms with Gasteiger partial charge in [-0.05, 0) is 42.0 Å². The van der Waals surface area contributed by atoms with Crippen LogP contribution in [0.2, 0.25) is 0 Å². The number of carbonyl (C=O) groups is 1. The van der Waals surface area contributed by atoms with Crippen molar-refractivity contribution in [2.45, 2.75) is 22.5 Å². The minimum absolute atomic E-state index is 0.110. The van der Waals surface area contributed by atoms with E-state index in [1.807, 2.05) is 0 Å². The van der Waals surface area contributed by atoms with Crippen molar-refractivity contribution in [2.75, 3.05) is 6.61 Å². The number of fused-ring (bicyclic) bond motifs is 1. The Hall–Kier alpha value is -3.93. The molecule has 4 rings (SSSR count). The van der Waals surface area contributed by atoms with Crippen LogP contribution in [-0.4, -0.2) is 37.1 Å². The number of hydrogen-bond donors (Lipinski definition) is 2. The molecule has 0 unspecified atom stereocenters. The van der Waals surface area contributed by atoms with Crippen molar-refractivity contribution in [1.82, 2.24) is 15.3 Å². The van der Waals surface area contributed by atoms with Crippen LogP contribution < -0.4 is 10.1 Å². The number of benzene rings is 2. The first kappa shape index (κ1) is 24.2. The molecule has 12 heteroatoms. The molecule has 7 nitrogen and oxygen atoms in total. The smallest absolute Gasteiger partial charge is 0.422 e. The number of rotatable bonds is 7. The van der Waals surface area contributed by atoms with Gasteiger partial charge in [-0.2, -0.15) is 13.2 Å². The third kappa shape index (κ3) is 5.60. The maximum Gasteiger partial charge on any atom is 0.422 e. The fourth-order valence-corrected chi connectivity index (χ4v) is 4.49. The molecular weight excluding hydrogens is 490 g/mol. The number of pyridine rings is 1. The predicted molar refractivity (Wildman–Crippen MR) is 117 cm³/mol. The summed E-state index contributed by atoms with van der Waals surface area (Å²) in [4.78, 5) is 18.8. The number of ether oxygens (including phenoxy) is 1. The second kappa shape index (κ2) is 9.37. The molecule has 4 aromatic rings. The number of alkyl halides is 3. The summed E-state index contributed by atoms with van der Waals surface area (Å²) in [5, 5.41) is 3.49. The van der Waals surface area contributed by atoms with Gasteiger partial charge in [-0.3, -0.25) is 9.78 Å². The Kier molecular flexibility index (Phi) is 6.48. The normalized spacial score (nSPS) is 12.0. The van der Waals surface area contributed by atoms with E-state index in [0.717, 1.165) is 23.0 Å². The highest BCUT2D eigenvalue weighted by Crippen LogP contribution is 2.28. The van der Waals surface area contributed by atoms with Crippen LogP contribution in [0.5, 0.6) is 5.75 Å². The van der Waals surface area contributed by atoms with Gasteiger partial charge < -0.3 is 15.0 Å². The van der Waals surface area contributed by atoms with E-state index in [9.17, 15) is 30.8 Å². The van der Waals surface area contributed by atoms with Crippen LogP contribution in [0.1, 0.15) is 16.1 Å². The summed E-state index contributed by atoms with van der Waals surface area (Å²) in [5.41, 5.74) is 1.70. The van der Waals surface area contributed by atoms with Crippen LogP contribution >= 0.6 is 0 Å². The minimum Gasteiger partial charge on any atom is -0.481 e. The van der Waals surface area contributed by atoms with Gasteiger partial charge in [0.15, 0.2) is 18.2 Å². The highest BCUT2D eigenvalue weighted by molar-refractivity contribution is 7.91. The zero-order chi connectivity index (χ0) is 25.2. The number of carbonyl (C=O) groups excluding carboxylic acids is 1. The summed E-state index contributed by atoms with van der Waals surface area (Å²) in [6.07, 6.45) is -1.50. The summed E-state index contributed by atoms with van der Waals surface area (Å²) in [5.74, 6) is -2.31. The van der Waals surface area contributed by atoms with Gasteiger partial charge in [-0.25, -0.2) is 12.8 Å². The van der Waals surface area contributed by atoms with E-state index in [1.54, 1.807) is 24.5 Å². The van der Waals surface area contributed by atoms with Gasteiger partial charge in [0.05, 0.1) is 9.79 Å². The molecule has 2 N–H and O–H groups in total. The lowest BCUT2D eigenvalue weighted by atomic mass is 10.2. The number of hydrogen-bond acceptors (Lipinski definition) is 5. The van der Waals surface area contributed by atoms with E-state index in [0.29, 0.717) is 17.3 Å². The van der Waals surface area contributed by atoms with Gasteiger partial charge in [-0.1, -0.05) is 12.1 Å². The molecule has 0 saturated carbocycles. The summed E-state index contributed by atoms with van der Waals surface area (Å²) in [6.45, 7) is -1.65. The Labute approximate surface area is 196 Å². The lowest BCUT2D eigenvalue weighted by molar-refractivity contribution is -0.153. The van der Waals surface area contributed by atoms with Crippen molar-refractivity contribution in [3.8, 4) is 5.75 Å². The number of H-pyrrole nitrogens is 1. The van der Waals surface area contributed by atoms with Gasteiger partial charge in [0.25, 0.3) is 5.91 Å². The van der Waals surface area contributed by atoms with Crippen molar-refractivity contribution in [2.24, 2.45) is 0 Å². The van der Waals surface area contributed by atoms with E-state index in [1.165, 1.54) is 24.3 Å². The Morgan fingerprint density at radius 2 is 1.74 bits per heavy atom. The van der Waals surface area contributed by atoms with Gasteiger partial charge in [0.1, 0.15) is 5.69 Å². The Bertz CT molecular complexity index is 1450. The lowest BCUT2D eigenvalue weighted by Crippen LogP contribution is -2.23. The lowest BCUT2D eigenvalue weighted by Gasteiger charge is -2.12. The molecular formula is C23H17F4N3O4S. The average Bonchev–Trinajstić information content (AvgIpc) is 3.26. The van der Waals surface area contributed by atoms with Crippen molar-refractivity contribution in [3.05, 3.63) is 84.1 Å². The molecule has 0 fully saturated rings. The van der Waals surface area contributed by atoms with E-state index < -0.39 is 39.1 Å². The molecule has 0 spiro atoms. The monoisotopic (exact) mass is 507 g/mol. The van der Waals surface area contributed by atoms with E-state index in [4.69, 9.17) is 0 Å². The molecule has 0 atom stereocenters. The molecule has 2 aromatic heterocycles. The standard InChI is InChI=1S/C23H17F4N3O4S/c24-18-6-5-17(10-21(18)34-13-23(25,26)27)35(32,33)16-3-1-14(2-4-16)11-29-22(31)20-9-15-12-28-8-7-19(15)30-20/h1-10,12,30H,11,13H2,(H,29,31). The van der Waals surface area contributed by atoms with Gasteiger partial charge in [0.2, 0.25) is 9.84 Å². The molecule has 0 aliphatic carbocycles.